The fourth-order valence-electron chi connectivity index (χ4n) is 2.02. The molecule has 1 unspecified atom stereocenters. The van der Waals surface area contributed by atoms with Gasteiger partial charge in [0.05, 0.1) is 15.2 Å². The van der Waals surface area contributed by atoms with Crippen molar-refractivity contribution in [3.05, 3.63) is 29.3 Å². The lowest BCUT2D eigenvalue weighted by atomic mass is 10.2. The number of benzene rings is 1. The number of hydrogen-bond donors (Lipinski definition) is 1. The van der Waals surface area contributed by atoms with Crippen LogP contribution in [0.5, 0.6) is 0 Å². The van der Waals surface area contributed by atoms with Crippen LogP contribution >= 0.6 is 11.3 Å². The average Bonchev–Trinajstić information content (AvgIpc) is 2.93. The zero-order valence-electron chi connectivity index (χ0n) is 12.6. The van der Waals surface area contributed by atoms with Crippen LogP contribution in [0.3, 0.4) is 0 Å². The molecule has 2 rings (SSSR count). The van der Waals surface area contributed by atoms with E-state index in [2.05, 4.69) is 23.3 Å². The Labute approximate surface area is 129 Å². The number of rotatable bonds is 8. The molecule has 1 aromatic heterocycles. The molecular weight excluding hydrogens is 284 g/mol. The third-order valence-corrected chi connectivity index (χ3v) is 4.50. The van der Waals surface area contributed by atoms with E-state index in [4.69, 9.17) is 4.74 Å². The molecule has 0 fully saturated rings. The van der Waals surface area contributed by atoms with Gasteiger partial charge in [-0.2, -0.15) is 0 Å². The molecule has 0 spiro atoms. The number of nitrogens with zero attached hydrogens (tertiary/aromatic N) is 1. The maximum Gasteiger partial charge on any atom is 0.220 e. The first-order chi connectivity index (χ1) is 10.2. The zero-order chi connectivity index (χ0) is 15.1. The molecule has 0 aliphatic rings. The molecule has 0 saturated carbocycles. The molecule has 0 aliphatic heterocycles. The summed E-state index contributed by atoms with van der Waals surface area (Å²) in [6.45, 7) is 6.04. The summed E-state index contributed by atoms with van der Waals surface area (Å²) in [6, 6.07) is 8.12. The van der Waals surface area contributed by atoms with Gasteiger partial charge in [-0.3, -0.25) is 4.79 Å². The van der Waals surface area contributed by atoms with Crippen molar-refractivity contribution in [2.75, 3.05) is 19.8 Å². The van der Waals surface area contributed by atoms with E-state index in [0.29, 0.717) is 26.2 Å². The summed E-state index contributed by atoms with van der Waals surface area (Å²) in [5.74, 6) is 0.320. The average molecular weight is 306 g/mol. The second-order valence-electron chi connectivity index (χ2n) is 5.03. The number of amides is 1. The van der Waals surface area contributed by atoms with Crippen LogP contribution in [-0.4, -0.2) is 30.6 Å². The number of carbonyl (C=O) groups is 1. The Balaban J connectivity index is 1.78. The third-order valence-electron chi connectivity index (χ3n) is 3.23. The number of hydrogen-bond acceptors (Lipinski definition) is 4. The molecule has 1 aromatic carbocycles. The van der Waals surface area contributed by atoms with Gasteiger partial charge in [0.2, 0.25) is 5.91 Å². The van der Waals surface area contributed by atoms with E-state index in [-0.39, 0.29) is 11.8 Å². The number of thiazole rings is 1. The Kier molecular flexibility index (Phi) is 6.14. The van der Waals surface area contributed by atoms with Crippen molar-refractivity contribution in [1.29, 1.82) is 0 Å². The predicted octanol–water partition coefficient (Wildman–Crippen LogP) is 3.33. The number of para-hydroxylation sites is 1. The SMILES string of the molecule is CCOCCCC(=O)NCC(C)c1nc2ccccc2s1. The molecule has 1 N–H and O–H groups in total. The van der Waals surface area contributed by atoms with Gasteiger partial charge in [-0.25, -0.2) is 4.98 Å². The summed E-state index contributed by atoms with van der Waals surface area (Å²) in [7, 11) is 0. The van der Waals surface area contributed by atoms with E-state index >= 15 is 0 Å². The minimum atomic E-state index is 0.0858. The van der Waals surface area contributed by atoms with Gasteiger partial charge in [0.1, 0.15) is 0 Å². The second-order valence-corrected chi connectivity index (χ2v) is 6.09. The van der Waals surface area contributed by atoms with Crippen LogP contribution < -0.4 is 5.32 Å². The van der Waals surface area contributed by atoms with Crippen LogP contribution in [0, 0.1) is 0 Å². The van der Waals surface area contributed by atoms with Gasteiger partial charge >= 0.3 is 0 Å². The number of carbonyl (C=O) groups excluding carboxylic acids is 1. The standard InChI is InChI=1S/C16H22N2O2S/c1-3-20-10-6-9-15(19)17-11-12(2)16-18-13-7-4-5-8-14(13)21-16/h4-5,7-8,12H,3,6,9-11H2,1-2H3,(H,17,19). The monoisotopic (exact) mass is 306 g/mol. The Hall–Kier alpha value is -1.46. The first-order valence-electron chi connectivity index (χ1n) is 7.40. The Bertz CT molecular complexity index is 549. The Morgan fingerprint density at radius 2 is 2.24 bits per heavy atom. The molecule has 1 heterocycles. The molecule has 1 amide bonds. The second kappa shape index (κ2) is 8.10. The largest absolute Gasteiger partial charge is 0.382 e. The topological polar surface area (TPSA) is 51.2 Å². The lowest BCUT2D eigenvalue weighted by Gasteiger charge is -2.10. The molecular formula is C16H22N2O2S. The van der Waals surface area contributed by atoms with Crippen molar-refractivity contribution < 1.29 is 9.53 Å². The summed E-state index contributed by atoms with van der Waals surface area (Å²) < 4.78 is 6.42. The van der Waals surface area contributed by atoms with Crippen molar-refractivity contribution in [2.45, 2.75) is 32.6 Å². The molecule has 21 heavy (non-hydrogen) atoms. The predicted molar refractivity (Wildman–Crippen MR) is 86.8 cm³/mol. The smallest absolute Gasteiger partial charge is 0.220 e. The number of nitrogens with one attached hydrogen (secondary N) is 1. The number of aromatic nitrogens is 1. The van der Waals surface area contributed by atoms with E-state index in [9.17, 15) is 4.79 Å². The fourth-order valence-corrected chi connectivity index (χ4v) is 3.04. The highest BCUT2D eigenvalue weighted by molar-refractivity contribution is 7.18. The van der Waals surface area contributed by atoms with Crippen LogP contribution in [-0.2, 0) is 9.53 Å². The maximum absolute atomic E-state index is 11.7. The summed E-state index contributed by atoms with van der Waals surface area (Å²) in [6.07, 6.45) is 1.29. The molecule has 114 valence electrons. The highest BCUT2D eigenvalue weighted by Crippen LogP contribution is 2.26. The van der Waals surface area contributed by atoms with Crippen molar-refractivity contribution in [1.82, 2.24) is 10.3 Å². The minimum absolute atomic E-state index is 0.0858. The first kappa shape index (κ1) is 15.9. The minimum Gasteiger partial charge on any atom is -0.382 e. The van der Waals surface area contributed by atoms with Crippen molar-refractivity contribution >= 4 is 27.5 Å². The van der Waals surface area contributed by atoms with Crippen LogP contribution in [0.2, 0.25) is 0 Å². The molecule has 5 heteroatoms. The van der Waals surface area contributed by atoms with E-state index in [1.54, 1.807) is 11.3 Å². The van der Waals surface area contributed by atoms with Gasteiger partial charge in [-0.15, -0.1) is 11.3 Å². The molecule has 0 bridgehead atoms. The van der Waals surface area contributed by atoms with Gasteiger partial charge in [-0.1, -0.05) is 19.1 Å². The Morgan fingerprint density at radius 1 is 1.43 bits per heavy atom. The molecule has 2 aromatic rings. The summed E-state index contributed by atoms with van der Waals surface area (Å²) in [4.78, 5) is 16.4. The van der Waals surface area contributed by atoms with Crippen LogP contribution in [0.25, 0.3) is 10.2 Å². The van der Waals surface area contributed by atoms with Gasteiger partial charge < -0.3 is 10.1 Å². The number of ether oxygens (including phenoxy) is 1. The Morgan fingerprint density at radius 3 is 3.00 bits per heavy atom. The third kappa shape index (κ3) is 4.79. The first-order valence-corrected chi connectivity index (χ1v) is 8.22. The highest BCUT2D eigenvalue weighted by atomic mass is 32.1. The number of fused-ring (bicyclic) bond motifs is 1. The van der Waals surface area contributed by atoms with Crippen molar-refractivity contribution in [3.63, 3.8) is 0 Å². The molecule has 1 atom stereocenters. The zero-order valence-corrected chi connectivity index (χ0v) is 13.4. The quantitative estimate of drug-likeness (QED) is 0.761. The van der Waals surface area contributed by atoms with Gasteiger partial charge in [0.15, 0.2) is 0 Å². The highest BCUT2D eigenvalue weighted by Gasteiger charge is 2.12. The summed E-state index contributed by atoms with van der Waals surface area (Å²) >= 11 is 1.70. The molecule has 4 nitrogen and oxygen atoms in total. The van der Waals surface area contributed by atoms with Gasteiger partial charge in [0.25, 0.3) is 0 Å². The van der Waals surface area contributed by atoms with Gasteiger partial charge in [0, 0.05) is 32.1 Å². The van der Waals surface area contributed by atoms with Crippen LogP contribution in [0.1, 0.15) is 37.6 Å². The van der Waals surface area contributed by atoms with E-state index in [1.807, 2.05) is 25.1 Å². The summed E-state index contributed by atoms with van der Waals surface area (Å²) in [5, 5.41) is 4.05. The molecule has 0 aliphatic carbocycles. The van der Waals surface area contributed by atoms with Crippen LogP contribution in [0.15, 0.2) is 24.3 Å². The van der Waals surface area contributed by atoms with E-state index in [1.165, 1.54) is 4.70 Å². The fraction of sp³-hybridized carbons (Fsp3) is 0.500. The van der Waals surface area contributed by atoms with Crippen LogP contribution in [0.4, 0.5) is 0 Å². The van der Waals surface area contributed by atoms with E-state index < -0.39 is 0 Å². The van der Waals surface area contributed by atoms with E-state index in [0.717, 1.165) is 16.9 Å². The van der Waals surface area contributed by atoms with Crippen molar-refractivity contribution in [2.24, 2.45) is 0 Å². The summed E-state index contributed by atoms with van der Waals surface area (Å²) in [5.41, 5.74) is 1.03. The normalized spacial score (nSPS) is 12.5. The lowest BCUT2D eigenvalue weighted by molar-refractivity contribution is -0.121. The van der Waals surface area contributed by atoms with Gasteiger partial charge in [-0.05, 0) is 25.5 Å². The molecule has 0 saturated heterocycles. The maximum atomic E-state index is 11.7. The lowest BCUT2D eigenvalue weighted by Crippen LogP contribution is -2.27. The van der Waals surface area contributed by atoms with Crippen molar-refractivity contribution in [3.8, 4) is 0 Å². The molecule has 0 radical (unpaired) electrons.